The van der Waals surface area contributed by atoms with Gasteiger partial charge in [-0.15, -0.1) is 0 Å². The molecule has 2 aliphatic rings. The van der Waals surface area contributed by atoms with Gasteiger partial charge >= 0.3 is 12.4 Å². The van der Waals surface area contributed by atoms with E-state index >= 15 is 0 Å². The average Bonchev–Trinajstić information content (AvgIpc) is 2.36. The summed E-state index contributed by atoms with van der Waals surface area (Å²) in [7, 11) is 0. The van der Waals surface area contributed by atoms with Crippen molar-refractivity contribution in [3.8, 4) is 0 Å². The molecule has 2 aliphatic carbocycles. The Morgan fingerprint density at radius 1 is 0.909 bits per heavy atom. The first-order chi connectivity index (χ1) is 9.93. The second-order valence-corrected chi connectivity index (χ2v) is 7.12. The summed E-state index contributed by atoms with van der Waals surface area (Å²) in [5.41, 5.74) is -5.65. The minimum Gasteiger partial charge on any atom is -0.374 e. The van der Waals surface area contributed by atoms with Gasteiger partial charge in [0.2, 0.25) is 0 Å². The highest BCUT2D eigenvalue weighted by Crippen LogP contribution is 2.60. The number of halogens is 6. The molecule has 0 aromatic heterocycles. The predicted molar refractivity (Wildman–Crippen MR) is 69.1 cm³/mol. The van der Waals surface area contributed by atoms with Crippen LogP contribution in [0.15, 0.2) is 0 Å². The summed E-state index contributed by atoms with van der Waals surface area (Å²) < 4.78 is 78.2. The first-order valence-electron chi connectivity index (χ1n) is 7.79. The number of alkyl halides is 6. The lowest BCUT2D eigenvalue weighted by atomic mass is 9.53. The van der Waals surface area contributed by atoms with E-state index < -0.39 is 29.8 Å². The first kappa shape index (κ1) is 17.9. The number of hydrogen-bond acceptors (Lipinski definition) is 1. The summed E-state index contributed by atoms with van der Waals surface area (Å²) in [6, 6.07) is 0. The van der Waals surface area contributed by atoms with E-state index in [0.29, 0.717) is 32.1 Å². The fourth-order valence-corrected chi connectivity index (χ4v) is 4.69. The molecule has 2 saturated carbocycles. The van der Waals surface area contributed by atoms with Gasteiger partial charge in [0.25, 0.3) is 5.60 Å². The minimum absolute atomic E-state index is 0.111. The van der Waals surface area contributed by atoms with E-state index in [-0.39, 0.29) is 11.8 Å². The Morgan fingerprint density at radius 2 is 1.45 bits per heavy atom. The Balaban J connectivity index is 2.38. The van der Waals surface area contributed by atoms with Gasteiger partial charge in [-0.05, 0) is 36.5 Å². The molecule has 0 aromatic carbocycles. The summed E-state index contributed by atoms with van der Waals surface area (Å²) in [5, 5.41) is 9.61. The van der Waals surface area contributed by atoms with Crippen LogP contribution in [0, 0.1) is 17.3 Å². The second kappa shape index (κ2) is 5.56. The highest BCUT2D eigenvalue weighted by atomic mass is 19.4. The Kier molecular flexibility index (Phi) is 4.52. The predicted octanol–water partition coefficient (Wildman–Crippen LogP) is 5.23. The van der Waals surface area contributed by atoms with Gasteiger partial charge in [-0.2, -0.15) is 26.3 Å². The molecule has 130 valence electrons. The lowest BCUT2D eigenvalue weighted by Gasteiger charge is -2.53. The Hall–Kier alpha value is -0.460. The van der Waals surface area contributed by atoms with Crippen LogP contribution in [0.2, 0.25) is 0 Å². The van der Waals surface area contributed by atoms with E-state index in [1.165, 1.54) is 0 Å². The molecule has 0 spiro atoms. The number of rotatable bonds is 2. The van der Waals surface area contributed by atoms with E-state index in [4.69, 9.17) is 0 Å². The van der Waals surface area contributed by atoms with Crippen LogP contribution in [0.1, 0.15) is 58.3 Å². The van der Waals surface area contributed by atoms with Crippen molar-refractivity contribution in [3.63, 3.8) is 0 Å². The quantitative estimate of drug-likeness (QED) is 0.687. The van der Waals surface area contributed by atoms with Gasteiger partial charge in [0.15, 0.2) is 0 Å². The lowest BCUT2D eigenvalue weighted by molar-refractivity contribution is -0.379. The zero-order valence-corrected chi connectivity index (χ0v) is 12.5. The van der Waals surface area contributed by atoms with Crippen LogP contribution in [-0.2, 0) is 0 Å². The summed E-state index contributed by atoms with van der Waals surface area (Å²) in [6.07, 6.45) is -8.37. The molecule has 2 fully saturated rings. The molecule has 0 aromatic rings. The largest absolute Gasteiger partial charge is 0.426 e. The number of aliphatic hydroxyl groups is 1. The van der Waals surface area contributed by atoms with Crippen molar-refractivity contribution in [1.82, 2.24) is 0 Å². The maximum Gasteiger partial charge on any atom is 0.426 e. The molecule has 3 atom stereocenters. The topological polar surface area (TPSA) is 20.2 Å². The molecule has 22 heavy (non-hydrogen) atoms. The van der Waals surface area contributed by atoms with Crippen molar-refractivity contribution in [2.75, 3.05) is 0 Å². The molecule has 0 aliphatic heterocycles. The monoisotopic (exact) mass is 332 g/mol. The third kappa shape index (κ3) is 2.85. The molecule has 0 saturated heterocycles. The summed E-state index contributed by atoms with van der Waals surface area (Å²) in [4.78, 5) is 0. The molecular weight excluding hydrogens is 310 g/mol. The zero-order chi connectivity index (χ0) is 16.8. The van der Waals surface area contributed by atoms with Crippen LogP contribution in [-0.4, -0.2) is 23.1 Å². The molecule has 0 amide bonds. The summed E-state index contributed by atoms with van der Waals surface area (Å²) >= 11 is 0. The molecule has 0 radical (unpaired) electrons. The standard InChI is InChI=1S/C15H22F6O/c1-10-5-4-8-12(7-3-2-6-11(10)12)9-13(22,14(16,17)18)15(19,20)21/h10-11,22H,2-9H2,1H3. The molecular formula is C15H22F6O. The highest BCUT2D eigenvalue weighted by Gasteiger charge is 2.72. The molecule has 0 bridgehead atoms. The summed E-state index contributed by atoms with van der Waals surface area (Å²) in [5.74, 6) is -0.0500. The Labute approximate surface area is 126 Å². The maximum atomic E-state index is 13.0. The third-order valence-electron chi connectivity index (χ3n) is 5.79. The Morgan fingerprint density at radius 3 is 2.00 bits per heavy atom. The van der Waals surface area contributed by atoms with Crippen molar-refractivity contribution >= 4 is 0 Å². The Bertz CT molecular complexity index is 384. The minimum atomic E-state index is -5.71. The molecule has 2 rings (SSSR count). The van der Waals surface area contributed by atoms with E-state index in [0.717, 1.165) is 12.8 Å². The van der Waals surface area contributed by atoms with Crippen molar-refractivity contribution in [3.05, 3.63) is 0 Å². The summed E-state index contributed by atoms with van der Waals surface area (Å²) in [6.45, 7) is 1.91. The normalized spacial score (nSPS) is 34.4. The lowest BCUT2D eigenvalue weighted by Crippen LogP contribution is -2.61. The van der Waals surface area contributed by atoms with E-state index in [1.54, 1.807) is 0 Å². The zero-order valence-electron chi connectivity index (χ0n) is 12.5. The van der Waals surface area contributed by atoms with Gasteiger partial charge in [-0.25, -0.2) is 0 Å². The van der Waals surface area contributed by atoms with Crippen LogP contribution in [0.3, 0.4) is 0 Å². The number of fused-ring (bicyclic) bond motifs is 1. The van der Waals surface area contributed by atoms with E-state index in [9.17, 15) is 31.4 Å². The third-order valence-corrected chi connectivity index (χ3v) is 5.79. The van der Waals surface area contributed by atoms with Gasteiger partial charge in [0.1, 0.15) is 0 Å². The van der Waals surface area contributed by atoms with Gasteiger partial charge in [0.05, 0.1) is 0 Å². The fraction of sp³-hybridized carbons (Fsp3) is 1.00. The van der Waals surface area contributed by atoms with Crippen molar-refractivity contribution in [2.45, 2.75) is 76.2 Å². The highest BCUT2D eigenvalue weighted by molar-refractivity contribution is 5.04. The van der Waals surface area contributed by atoms with Crippen LogP contribution in [0.5, 0.6) is 0 Å². The number of hydrogen-bond donors (Lipinski definition) is 1. The van der Waals surface area contributed by atoms with Crippen LogP contribution in [0.25, 0.3) is 0 Å². The van der Waals surface area contributed by atoms with Crippen LogP contribution >= 0.6 is 0 Å². The molecule has 1 nitrogen and oxygen atoms in total. The average molecular weight is 332 g/mol. The fourth-order valence-electron chi connectivity index (χ4n) is 4.69. The van der Waals surface area contributed by atoms with Gasteiger partial charge < -0.3 is 5.11 Å². The van der Waals surface area contributed by atoms with Crippen molar-refractivity contribution < 1.29 is 31.4 Å². The smallest absolute Gasteiger partial charge is 0.374 e. The first-order valence-corrected chi connectivity index (χ1v) is 7.79. The van der Waals surface area contributed by atoms with Gasteiger partial charge in [0, 0.05) is 6.42 Å². The van der Waals surface area contributed by atoms with E-state index in [2.05, 4.69) is 0 Å². The van der Waals surface area contributed by atoms with Crippen molar-refractivity contribution in [1.29, 1.82) is 0 Å². The van der Waals surface area contributed by atoms with Gasteiger partial charge in [-0.3, -0.25) is 0 Å². The molecule has 1 N–H and O–H groups in total. The van der Waals surface area contributed by atoms with Crippen molar-refractivity contribution in [2.24, 2.45) is 17.3 Å². The molecule has 3 unspecified atom stereocenters. The maximum absolute atomic E-state index is 13.0. The van der Waals surface area contributed by atoms with Crippen LogP contribution in [0.4, 0.5) is 26.3 Å². The second-order valence-electron chi connectivity index (χ2n) is 7.12. The van der Waals surface area contributed by atoms with Crippen LogP contribution < -0.4 is 0 Å². The van der Waals surface area contributed by atoms with E-state index in [1.807, 2.05) is 6.92 Å². The molecule has 0 heterocycles. The SMILES string of the molecule is CC1CCCC2(CC(O)(C(F)(F)F)C(F)(F)F)CCCCC12. The van der Waals surface area contributed by atoms with Gasteiger partial charge in [-0.1, -0.05) is 32.6 Å². The molecule has 7 heteroatoms.